The van der Waals surface area contributed by atoms with E-state index in [4.69, 9.17) is 5.11 Å². The molecule has 0 spiro atoms. The Balaban J connectivity index is 3.58. The molecule has 0 fully saturated rings. The molecule has 0 aromatic heterocycles. The molecule has 0 aliphatic rings. The Morgan fingerprint density at radius 2 is 1.85 bits per heavy atom. The van der Waals surface area contributed by atoms with Gasteiger partial charge in [-0.15, -0.1) is 0 Å². The molecule has 118 valence electrons. The fourth-order valence-corrected chi connectivity index (χ4v) is 1.47. The van der Waals surface area contributed by atoms with Crippen molar-refractivity contribution < 1.29 is 27.9 Å². The predicted octanol–water partition coefficient (Wildman–Crippen LogP) is 1.11. The molecule has 20 heavy (non-hydrogen) atoms. The van der Waals surface area contributed by atoms with Crippen molar-refractivity contribution in [3.63, 3.8) is 0 Å². The highest BCUT2D eigenvalue weighted by atomic mass is 19.4. The fraction of sp³-hybridized carbons (Fsp3) is 0.833. The summed E-state index contributed by atoms with van der Waals surface area (Å²) in [6.45, 7) is 1.66. The van der Waals surface area contributed by atoms with Gasteiger partial charge in [-0.25, -0.2) is 0 Å². The van der Waals surface area contributed by atoms with Crippen molar-refractivity contribution in [1.82, 2.24) is 10.6 Å². The third-order valence-electron chi connectivity index (χ3n) is 2.70. The Hall–Kier alpha value is -1.31. The Morgan fingerprint density at radius 1 is 1.20 bits per heavy atom. The molecular weight excluding hydrogens is 277 g/mol. The van der Waals surface area contributed by atoms with Gasteiger partial charge in [0.15, 0.2) is 0 Å². The SMILES string of the molecule is CCC(CO)NC(=O)CCCCCNC(=O)C(F)(F)F. The number of hydrogen-bond donors (Lipinski definition) is 3. The molecule has 0 aliphatic carbocycles. The first-order chi connectivity index (χ1) is 9.31. The molecule has 0 aromatic rings. The molecule has 1 unspecified atom stereocenters. The van der Waals surface area contributed by atoms with Gasteiger partial charge in [-0.1, -0.05) is 13.3 Å². The minimum Gasteiger partial charge on any atom is -0.394 e. The summed E-state index contributed by atoms with van der Waals surface area (Å²) in [5.74, 6) is -2.13. The van der Waals surface area contributed by atoms with Crippen LogP contribution < -0.4 is 10.6 Å². The lowest BCUT2D eigenvalue weighted by atomic mass is 10.1. The molecule has 0 aromatic carbocycles. The summed E-state index contributed by atoms with van der Waals surface area (Å²) in [4.78, 5) is 21.9. The molecule has 0 bridgehead atoms. The Bertz CT molecular complexity index is 305. The van der Waals surface area contributed by atoms with Crippen LogP contribution in [0, 0.1) is 0 Å². The third-order valence-corrected chi connectivity index (χ3v) is 2.70. The van der Waals surface area contributed by atoms with Crippen LogP contribution in [0.5, 0.6) is 0 Å². The second-order valence-electron chi connectivity index (χ2n) is 4.42. The standard InChI is InChI=1S/C12H21F3N2O3/c1-2-9(8-18)17-10(19)6-4-3-5-7-16-11(20)12(13,14)15/h9,18H,2-8H2,1H3,(H,16,20)(H,17,19). The summed E-state index contributed by atoms with van der Waals surface area (Å²) in [6.07, 6.45) is -2.52. The van der Waals surface area contributed by atoms with E-state index in [1.807, 2.05) is 6.92 Å². The van der Waals surface area contributed by atoms with Crippen molar-refractivity contribution in [3.8, 4) is 0 Å². The number of rotatable bonds is 9. The Morgan fingerprint density at radius 3 is 2.35 bits per heavy atom. The molecule has 5 nitrogen and oxygen atoms in total. The molecule has 0 saturated heterocycles. The number of unbranched alkanes of at least 4 members (excludes halogenated alkanes) is 2. The highest BCUT2D eigenvalue weighted by molar-refractivity contribution is 5.81. The average molecular weight is 298 g/mol. The van der Waals surface area contributed by atoms with Gasteiger partial charge in [0.25, 0.3) is 0 Å². The average Bonchev–Trinajstić information content (AvgIpc) is 2.38. The monoisotopic (exact) mass is 298 g/mol. The van der Waals surface area contributed by atoms with Crippen LogP contribution in [0.15, 0.2) is 0 Å². The van der Waals surface area contributed by atoms with Crippen LogP contribution >= 0.6 is 0 Å². The molecule has 0 heterocycles. The van der Waals surface area contributed by atoms with Crippen molar-refractivity contribution in [2.45, 2.75) is 51.2 Å². The maximum Gasteiger partial charge on any atom is 0.471 e. The van der Waals surface area contributed by atoms with Crippen molar-refractivity contribution in [2.75, 3.05) is 13.2 Å². The predicted molar refractivity (Wildman–Crippen MR) is 66.8 cm³/mol. The van der Waals surface area contributed by atoms with Crippen LogP contribution in [0.1, 0.15) is 39.0 Å². The topological polar surface area (TPSA) is 78.4 Å². The highest BCUT2D eigenvalue weighted by Gasteiger charge is 2.38. The van der Waals surface area contributed by atoms with Gasteiger partial charge in [-0.2, -0.15) is 13.2 Å². The number of nitrogens with one attached hydrogen (secondary N) is 2. The molecule has 1 atom stereocenters. The lowest BCUT2D eigenvalue weighted by molar-refractivity contribution is -0.173. The zero-order chi connectivity index (χ0) is 15.6. The summed E-state index contributed by atoms with van der Waals surface area (Å²) in [7, 11) is 0. The Labute approximate surface area is 115 Å². The van der Waals surface area contributed by atoms with Gasteiger partial charge in [0.1, 0.15) is 0 Å². The third kappa shape index (κ3) is 8.73. The lowest BCUT2D eigenvalue weighted by Gasteiger charge is -2.13. The van der Waals surface area contributed by atoms with Crippen LogP contribution in [0.25, 0.3) is 0 Å². The van der Waals surface area contributed by atoms with E-state index in [1.165, 1.54) is 0 Å². The minimum absolute atomic E-state index is 0.0613. The highest BCUT2D eigenvalue weighted by Crippen LogP contribution is 2.14. The number of aliphatic hydroxyl groups is 1. The quantitative estimate of drug-likeness (QED) is 0.558. The van der Waals surface area contributed by atoms with E-state index in [-0.39, 0.29) is 31.5 Å². The second kappa shape index (κ2) is 9.57. The van der Waals surface area contributed by atoms with E-state index >= 15 is 0 Å². The van der Waals surface area contributed by atoms with E-state index in [1.54, 1.807) is 5.32 Å². The molecule has 0 saturated carbocycles. The Kier molecular flexibility index (Phi) is 8.94. The van der Waals surface area contributed by atoms with E-state index in [9.17, 15) is 22.8 Å². The first-order valence-corrected chi connectivity index (χ1v) is 6.56. The van der Waals surface area contributed by atoms with Gasteiger partial charge in [0.2, 0.25) is 5.91 Å². The van der Waals surface area contributed by atoms with Gasteiger partial charge >= 0.3 is 12.1 Å². The number of amides is 2. The van der Waals surface area contributed by atoms with Crippen molar-refractivity contribution in [2.24, 2.45) is 0 Å². The van der Waals surface area contributed by atoms with E-state index in [0.29, 0.717) is 25.7 Å². The maximum absolute atomic E-state index is 11.8. The maximum atomic E-state index is 11.8. The van der Waals surface area contributed by atoms with E-state index in [0.717, 1.165) is 0 Å². The van der Waals surface area contributed by atoms with Crippen LogP contribution in [-0.2, 0) is 9.59 Å². The molecule has 0 aliphatic heterocycles. The van der Waals surface area contributed by atoms with E-state index in [2.05, 4.69) is 5.32 Å². The molecule has 8 heteroatoms. The van der Waals surface area contributed by atoms with Gasteiger partial charge in [-0.05, 0) is 19.3 Å². The smallest absolute Gasteiger partial charge is 0.394 e. The first kappa shape index (κ1) is 18.7. The van der Waals surface area contributed by atoms with Crippen molar-refractivity contribution in [3.05, 3.63) is 0 Å². The number of hydrogen-bond acceptors (Lipinski definition) is 3. The molecule has 2 amide bonds. The molecule has 0 radical (unpaired) electrons. The largest absolute Gasteiger partial charge is 0.471 e. The summed E-state index contributed by atoms with van der Waals surface area (Å²) >= 11 is 0. The second-order valence-corrected chi connectivity index (χ2v) is 4.42. The number of carbonyl (C=O) groups excluding carboxylic acids is 2. The number of halogens is 3. The van der Waals surface area contributed by atoms with Gasteiger partial charge in [0.05, 0.1) is 12.6 Å². The van der Waals surface area contributed by atoms with Crippen molar-refractivity contribution >= 4 is 11.8 Å². The summed E-state index contributed by atoms with van der Waals surface area (Å²) < 4.78 is 35.5. The van der Waals surface area contributed by atoms with E-state index < -0.39 is 12.1 Å². The lowest BCUT2D eigenvalue weighted by Crippen LogP contribution is -2.37. The number of carbonyl (C=O) groups is 2. The van der Waals surface area contributed by atoms with Gasteiger partial charge in [0, 0.05) is 13.0 Å². The van der Waals surface area contributed by atoms with Crippen LogP contribution in [0.2, 0.25) is 0 Å². The molecule has 0 rings (SSSR count). The number of alkyl halides is 3. The van der Waals surface area contributed by atoms with Crippen LogP contribution in [-0.4, -0.2) is 42.3 Å². The minimum atomic E-state index is -4.85. The zero-order valence-corrected chi connectivity index (χ0v) is 11.4. The van der Waals surface area contributed by atoms with Crippen LogP contribution in [0.3, 0.4) is 0 Å². The van der Waals surface area contributed by atoms with Crippen LogP contribution in [0.4, 0.5) is 13.2 Å². The summed E-state index contributed by atoms with van der Waals surface area (Å²) in [5.41, 5.74) is 0. The number of aliphatic hydroxyl groups excluding tert-OH is 1. The fourth-order valence-electron chi connectivity index (χ4n) is 1.47. The summed E-state index contributed by atoms with van der Waals surface area (Å²) in [5, 5.41) is 13.3. The van der Waals surface area contributed by atoms with Gasteiger partial charge < -0.3 is 15.7 Å². The summed E-state index contributed by atoms with van der Waals surface area (Å²) in [6, 6.07) is -0.256. The van der Waals surface area contributed by atoms with Gasteiger partial charge in [-0.3, -0.25) is 9.59 Å². The molecule has 3 N–H and O–H groups in total. The first-order valence-electron chi connectivity index (χ1n) is 6.56. The normalized spacial score (nSPS) is 12.8. The molecular formula is C12H21F3N2O3. The zero-order valence-electron chi connectivity index (χ0n) is 11.4. The van der Waals surface area contributed by atoms with Crippen molar-refractivity contribution in [1.29, 1.82) is 0 Å².